The van der Waals surface area contributed by atoms with Crippen LogP contribution in [0.4, 0.5) is 10.1 Å². The molecule has 1 heterocycles. The molecule has 0 atom stereocenters. The Morgan fingerprint density at radius 1 is 1.00 bits per heavy atom. The third-order valence-electron chi connectivity index (χ3n) is 6.56. The highest BCUT2D eigenvalue weighted by molar-refractivity contribution is 5.88. The molecule has 0 spiro atoms. The van der Waals surface area contributed by atoms with Gasteiger partial charge < -0.3 is 15.1 Å². The number of anilines is 1. The Morgan fingerprint density at radius 3 is 2.34 bits per heavy atom. The van der Waals surface area contributed by atoms with Crippen LogP contribution in [0.3, 0.4) is 0 Å². The van der Waals surface area contributed by atoms with Gasteiger partial charge in [-0.05, 0) is 49.2 Å². The zero-order valence-corrected chi connectivity index (χ0v) is 17.2. The molecule has 1 saturated carbocycles. The molecule has 4 rings (SSSR count). The van der Waals surface area contributed by atoms with E-state index >= 15 is 0 Å². The minimum atomic E-state index is -0.531. The van der Waals surface area contributed by atoms with Gasteiger partial charge in [-0.1, -0.05) is 43.2 Å². The summed E-state index contributed by atoms with van der Waals surface area (Å²) in [5, 5.41) is 3.21. The van der Waals surface area contributed by atoms with E-state index in [0.29, 0.717) is 6.54 Å². The largest absolute Gasteiger partial charge is 0.369 e. The molecule has 0 radical (unpaired) electrons. The molecule has 0 aromatic heterocycles. The first-order valence-electron chi connectivity index (χ1n) is 10.6. The number of nitrogens with one attached hydrogen (secondary N) is 1. The molecule has 29 heavy (non-hydrogen) atoms. The SMILES string of the molecule is CN1CCN(c2ccccc2CNC(=O)C2(c3ccc(F)cc3)CCCC2)CC1. The standard InChI is InChI=1S/C24H30FN3O/c1-27-14-16-28(17-15-27)22-7-3-2-6-19(22)18-26-23(29)24(12-4-5-13-24)20-8-10-21(25)11-9-20/h2-3,6-11H,4-5,12-18H2,1H3,(H,26,29). The number of hydrogen-bond acceptors (Lipinski definition) is 3. The van der Waals surface area contributed by atoms with Crippen LogP contribution in [0.15, 0.2) is 48.5 Å². The number of benzene rings is 2. The minimum Gasteiger partial charge on any atom is -0.369 e. The van der Waals surface area contributed by atoms with Crippen molar-refractivity contribution in [1.82, 2.24) is 10.2 Å². The third kappa shape index (κ3) is 4.15. The molecule has 2 aromatic rings. The van der Waals surface area contributed by atoms with Gasteiger partial charge in [-0.3, -0.25) is 4.79 Å². The van der Waals surface area contributed by atoms with E-state index in [1.807, 2.05) is 6.07 Å². The molecule has 154 valence electrons. The molecule has 1 saturated heterocycles. The van der Waals surface area contributed by atoms with Crippen LogP contribution in [0.1, 0.15) is 36.8 Å². The molecule has 5 heteroatoms. The van der Waals surface area contributed by atoms with E-state index in [1.54, 1.807) is 12.1 Å². The van der Waals surface area contributed by atoms with E-state index in [0.717, 1.165) is 63.0 Å². The van der Waals surface area contributed by atoms with Crippen molar-refractivity contribution in [3.63, 3.8) is 0 Å². The zero-order valence-electron chi connectivity index (χ0n) is 17.2. The lowest BCUT2D eigenvalue weighted by Crippen LogP contribution is -2.45. The summed E-state index contributed by atoms with van der Waals surface area (Å²) in [5.74, 6) is -0.196. The number of piperazine rings is 1. The van der Waals surface area contributed by atoms with Crippen LogP contribution in [0, 0.1) is 5.82 Å². The average Bonchev–Trinajstić information content (AvgIpc) is 3.25. The summed E-state index contributed by atoms with van der Waals surface area (Å²) in [7, 11) is 2.15. The van der Waals surface area contributed by atoms with Gasteiger partial charge in [-0.2, -0.15) is 0 Å². The number of amides is 1. The maximum absolute atomic E-state index is 13.4. The highest BCUT2D eigenvalue weighted by Gasteiger charge is 2.42. The summed E-state index contributed by atoms with van der Waals surface area (Å²) in [6.45, 7) is 4.62. The van der Waals surface area contributed by atoms with Crippen molar-refractivity contribution in [2.45, 2.75) is 37.6 Å². The molecule has 2 aromatic carbocycles. The molecule has 1 amide bonds. The maximum atomic E-state index is 13.4. The number of likely N-dealkylation sites (N-methyl/N-ethyl adjacent to an activating group) is 1. The Morgan fingerprint density at radius 2 is 1.66 bits per heavy atom. The van der Waals surface area contributed by atoms with Gasteiger partial charge in [-0.25, -0.2) is 4.39 Å². The second kappa shape index (κ2) is 8.54. The van der Waals surface area contributed by atoms with Gasteiger partial charge in [-0.15, -0.1) is 0 Å². The van der Waals surface area contributed by atoms with Crippen molar-refractivity contribution in [1.29, 1.82) is 0 Å². The van der Waals surface area contributed by atoms with E-state index in [4.69, 9.17) is 0 Å². The van der Waals surface area contributed by atoms with Crippen LogP contribution in [-0.4, -0.2) is 44.0 Å². The van der Waals surface area contributed by atoms with E-state index in [1.165, 1.54) is 17.8 Å². The average molecular weight is 396 g/mol. The Bertz CT molecular complexity index is 837. The number of nitrogens with zero attached hydrogens (tertiary/aromatic N) is 2. The number of para-hydroxylation sites is 1. The lowest BCUT2D eigenvalue weighted by molar-refractivity contribution is -0.126. The smallest absolute Gasteiger partial charge is 0.230 e. The number of carbonyl (C=O) groups is 1. The van der Waals surface area contributed by atoms with Crippen molar-refractivity contribution in [2.24, 2.45) is 0 Å². The molecule has 2 fully saturated rings. The fourth-order valence-electron chi connectivity index (χ4n) is 4.76. The molecule has 2 aliphatic rings. The lowest BCUT2D eigenvalue weighted by atomic mass is 9.78. The van der Waals surface area contributed by atoms with Gasteiger partial charge in [0.05, 0.1) is 5.41 Å². The van der Waals surface area contributed by atoms with Crippen molar-refractivity contribution in [2.75, 3.05) is 38.1 Å². The summed E-state index contributed by atoms with van der Waals surface area (Å²) in [6.07, 6.45) is 3.71. The van der Waals surface area contributed by atoms with Crippen LogP contribution >= 0.6 is 0 Å². The van der Waals surface area contributed by atoms with Gasteiger partial charge in [0.15, 0.2) is 0 Å². The van der Waals surface area contributed by atoms with Gasteiger partial charge in [0.25, 0.3) is 0 Å². The predicted molar refractivity (Wildman–Crippen MR) is 115 cm³/mol. The Kier molecular flexibility index (Phi) is 5.86. The van der Waals surface area contributed by atoms with Crippen LogP contribution in [0.5, 0.6) is 0 Å². The van der Waals surface area contributed by atoms with Gasteiger partial charge in [0.1, 0.15) is 5.82 Å². The first-order valence-corrected chi connectivity index (χ1v) is 10.6. The normalized spacial score (nSPS) is 19.3. The van der Waals surface area contributed by atoms with Crippen molar-refractivity contribution >= 4 is 11.6 Å². The molecule has 0 bridgehead atoms. The van der Waals surface area contributed by atoms with Gasteiger partial charge in [0.2, 0.25) is 5.91 Å². The quantitative estimate of drug-likeness (QED) is 0.838. The highest BCUT2D eigenvalue weighted by atomic mass is 19.1. The molecule has 1 N–H and O–H groups in total. The third-order valence-corrected chi connectivity index (χ3v) is 6.56. The number of carbonyl (C=O) groups excluding carboxylic acids is 1. The van der Waals surface area contributed by atoms with E-state index in [2.05, 4.69) is 40.4 Å². The molecule has 0 unspecified atom stereocenters. The molecular weight excluding hydrogens is 365 g/mol. The zero-order chi connectivity index (χ0) is 20.3. The first kappa shape index (κ1) is 19.9. The van der Waals surface area contributed by atoms with Crippen LogP contribution in [-0.2, 0) is 16.8 Å². The Hall–Kier alpha value is -2.40. The number of hydrogen-bond donors (Lipinski definition) is 1. The molecular formula is C24H30FN3O. The predicted octanol–water partition coefficient (Wildman–Crippen LogP) is 3.71. The van der Waals surface area contributed by atoms with Crippen LogP contribution < -0.4 is 10.2 Å². The fraction of sp³-hybridized carbons (Fsp3) is 0.458. The topological polar surface area (TPSA) is 35.6 Å². The minimum absolute atomic E-state index is 0.0646. The summed E-state index contributed by atoms with van der Waals surface area (Å²) < 4.78 is 13.4. The van der Waals surface area contributed by atoms with Crippen LogP contribution in [0.25, 0.3) is 0 Å². The van der Waals surface area contributed by atoms with E-state index in [9.17, 15) is 9.18 Å². The van der Waals surface area contributed by atoms with Crippen molar-refractivity contribution < 1.29 is 9.18 Å². The molecule has 1 aliphatic heterocycles. The maximum Gasteiger partial charge on any atom is 0.230 e. The molecule has 4 nitrogen and oxygen atoms in total. The second-order valence-corrected chi connectivity index (χ2v) is 8.40. The lowest BCUT2D eigenvalue weighted by Gasteiger charge is -2.35. The van der Waals surface area contributed by atoms with E-state index < -0.39 is 5.41 Å². The van der Waals surface area contributed by atoms with Gasteiger partial charge in [0, 0.05) is 38.4 Å². The Balaban J connectivity index is 1.50. The van der Waals surface area contributed by atoms with E-state index in [-0.39, 0.29) is 11.7 Å². The second-order valence-electron chi connectivity index (χ2n) is 8.40. The molecule has 1 aliphatic carbocycles. The highest BCUT2D eigenvalue weighted by Crippen LogP contribution is 2.41. The summed E-state index contributed by atoms with van der Waals surface area (Å²) in [5.41, 5.74) is 2.76. The number of rotatable bonds is 5. The van der Waals surface area contributed by atoms with Crippen LogP contribution in [0.2, 0.25) is 0 Å². The van der Waals surface area contributed by atoms with Crippen molar-refractivity contribution in [3.8, 4) is 0 Å². The van der Waals surface area contributed by atoms with Gasteiger partial charge >= 0.3 is 0 Å². The fourth-order valence-corrected chi connectivity index (χ4v) is 4.76. The summed E-state index contributed by atoms with van der Waals surface area (Å²) in [6, 6.07) is 14.8. The van der Waals surface area contributed by atoms with Crippen molar-refractivity contribution in [3.05, 3.63) is 65.5 Å². The summed E-state index contributed by atoms with van der Waals surface area (Å²) >= 11 is 0. The number of halogens is 1. The monoisotopic (exact) mass is 395 g/mol. The Labute approximate surface area is 172 Å². The first-order chi connectivity index (χ1) is 14.1. The summed E-state index contributed by atoms with van der Waals surface area (Å²) in [4.78, 5) is 18.1.